The van der Waals surface area contributed by atoms with Gasteiger partial charge in [-0.15, -0.1) is 0 Å². The van der Waals surface area contributed by atoms with Gasteiger partial charge in [0.2, 0.25) is 0 Å². The van der Waals surface area contributed by atoms with Crippen LogP contribution in [0.5, 0.6) is 0 Å². The van der Waals surface area contributed by atoms with Crippen molar-refractivity contribution in [1.82, 2.24) is 10.2 Å². The van der Waals surface area contributed by atoms with Crippen LogP contribution >= 0.6 is 0 Å². The highest BCUT2D eigenvalue weighted by Crippen LogP contribution is 2.41. The van der Waals surface area contributed by atoms with Crippen molar-refractivity contribution in [3.05, 3.63) is 35.4 Å². The highest BCUT2D eigenvalue weighted by Gasteiger charge is 2.38. The normalized spacial score (nSPS) is 29.2. The van der Waals surface area contributed by atoms with E-state index in [-0.39, 0.29) is 0 Å². The van der Waals surface area contributed by atoms with Crippen molar-refractivity contribution < 1.29 is 0 Å². The number of nitrogens with one attached hydrogen (secondary N) is 1. The maximum atomic E-state index is 3.84. The van der Waals surface area contributed by atoms with Crippen molar-refractivity contribution in [3.63, 3.8) is 0 Å². The minimum absolute atomic E-state index is 0.503. The predicted octanol–water partition coefficient (Wildman–Crippen LogP) is 4.09. The fourth-order valence-electron chi connectivity index (χ4n) is 4.09. The molecule has 2 aliphatic carbocycles. The zero-order chi connectivity index (χ0) is 14.8. The maximum absolute atomic E-state index is 3.84. The van der Waals surface area contributed by atoms with Crippen molar-refractivity contribution in [1.29, 1.82) is 0 Å². The molecule has 3 unspecified atom stereocenters. The monoisotopic (exact) mass is 286 g/mol. The van der Waals surface area contributed by atoms with Gasteiger partial charge in [-0.2, -0.15) is 0 Å². The molecule has 0 heterocycles. The second-order valence-corrected chi connectivity index (χ2v) is 7.02. The van der Waals surface area contributed by atoms with E-state index in [1.54, 1.807) is 11.1 Å². The third-order valence-electron chi connectivity index (χ3n) is 5.63. The van der Waals surface area contributed by atoms with Crippen molar-refractivity contribution >= 4 is 0 Å². The highest BCUT2D eigenvalue weighted by atomic mass is 15.2. The van der Waals surface area contributed by atoms with E-state index in [0.717, 1.165) is 12.6 Å². The molecule has 0 amide bonds. The lowest BCUT2D eigenvalue weighted by atomic mass is 9.76. The van der Waals surface area contributed by atoms with Crippen LogP contribution < -0.4 is 5.32 Å². The lowest BCUT2D eigenvalue weighted by molar-refractivity contribution is 0.0727. The van der Waals surface area contributed by atoms with Gasteiger partial charge in [-0.05, 0) is 56.3 Å². The van der Waals surface area contributed by atoms with E-state index >= 15 is 0 Å². The molecule has 2 heteroatoms. The molecule has 2 nitrogen and oxygen atoms in total. The van der Waals surface area contributed by atoms with E-state index in [1.807, 2.05) is 0 Å². The van der Waals surface area contributed by atoms with Gasteiger partial charge in [0.1, 0.15) is 0 Å². The molecule has 116 valence electrons. The van der Waals surface area contributed by atoms with Gasteiger partial charge in [0, 0.05) is 18.1 Å². The smallest absolute Gasteiger partial charge is 0.0481 e. The standard InChI is InChI=1S/C19H30N2/c1-4-12-20-19-17-11-6-5-10-16(17)14(2)13-18(19)21(3)15-8-7-9-15/h5-6,10-11,14-15,18-20H,4,7-9,12-13H2,1-3H3. The molecule has 1 aromatic carbocycles. The van der Waals surface area contributed by atoms with Crippen molar-refractivity contribution in [2.75, 3.05) is 13.6 Å². The molecule has 1 N–H and O–H groups in total. The van der Waals surface area contributed by atoms with Gasteiger partial charge in [0.25, 0.3) is 0 Å². The molecule has 1 saturated carbocycles. The van der Waals surface area contributed by atoms with E-state index in [0.29, 0.717) is 18.0 Å². The summed E-state index contributed by atoms with van der Waals surface area (Å²) in [5.41, 5.74) is 3.10. The molecule has 21 heavy (non-hydrogen) atoms. The minimum atomic E-state index is 0.503. The lowest BCUT2D eigenvalue weighted by Gasteiger charge is -2.47. The lowest BCUT2D eigenvalue weighted by Crippen LogP contribution is -2.51. The fraction of sp³-hybridized carbons (Fsp3) is 0.684. The number of nitrogens with zero attached hydrogens (tertiary/aromatic N) is 1. The van der Waals surface area contributed by atoms with Crippen LogP contribution in [0.4, 0.5) is 0 Å². The summed E-state index contributed by atoms with van der Waals surface area (Å²) in [5, 5.41) is 3.84. The first kappa shape index (κ1) is 15.1. The third kappa shape index (κ3) is 2.89. The number of hydrogen-bond acceptors (Lipinski definition) is 2. The summed E-state index contributed by atoms with van der Waals surface area (Å²) in [6.45, 7) is 5.77. The molecule has 0 aromatic heterocycles. The Kier molecular flexibility index (Phi) is 4.66. The van der Waals surface area contributed by atoms with E-state index in [1.165, 1.54) is 32.1 Å². The largest absolute Gasteiger partial charge is 0.309 e. The Bertz CT molecular complexity index is 466. The van der Waals surface area contributed by atoms with Crippen LogP contribution in [-0.2, 0) is 0 Å². The van der Waals surface area contributed by atoms with E-state index in [2.05, 4.69) is 55.4 Å². The van der Waals surface area contributed by atoms with Gasteiger partial charge < -0.3 is 5.32 Å². The van der Waals surface area contributed by atoms with E-state index in [9.17, 15) is 0 Å². The molecule has 0 radical (unpaired) electrons. The average Bonchev–Trinajstić information content (AvgIpc) is 2.44. The Morgan fingerprint density at radius 2 is 1.90 bits per heavy atom. The van der Waals surface area contributed by atoms with Crippen LogP contribution in [0.3, 0.4) is 0 Å². The predicted molar refractivity (Wildman–Crippen MR) is 89.7 cm³/mol. The summed E-state index contributed by atoms with van der Waals surface area (Å²) >= 11 is 0. The zero-order valence-corrected chi connectivity index (χ0v) is 13.8. The molecular formula is C19H30N2. The van der Waals surface area contributed by atoms with Crippen molar-refractivity contribution in [2.24, 2.45) is 0 Å². The summed E-state index contributed by atoms with van der Waals surface area (Å²) < 4.78 is 0. The number of fused-ring (bicyclic) bond motifs is 1. The Labute approximate surface area is 129 Å². The number of rotatable bonds is 5. The first-order valence-corrected chi connectivity index (χ1v) is 8.76. The highest BCUT2D eigenvalue weighted by molar-refractivity contribution is 5.36. The first-order valence-electron chi connectivity index (χ1n) is 8.76. The molecule has 0 aliphatic heterocycles. The van der Waals surface area contributed by atoms with E-state index in [4.69, 9.17) is 0 Å². The molecule has 1 fully saturated rings. The number of likely N-dealkylation sites (N-methyl/N-ethyl adjacent to an activating group) is 1. The number of benzene rings is 1. The summed E-state index contributed by atoms with van der Waals surface area (Å²) in [5.74, 6) is 0.674. The van der Waals surface area contributed by atoms with Crippen LogP contribution in [0.1, 0.15) is 69.0 Å². The van der Waals surface area contributed by atoms with Crippen LogP contribution in [-0.4, -0.2) is 30.6 Å². The second-order valence-electron chi connectivity index (χ2n) is 7.02. The third-order valence-corrected chi connectivity index (χ3v) is 5.63. The van der Waals surface area contributed by atoms with Crippen molar-refractivity contribution in [3.8, 4) is 0 Å². The molecule has 0 bridgehead atoms. The summed E-state index contributed by atoms with van der Waals surface area (Å²) in [4.78, 5) is 2.68. The Morgan fingerprint density at radius 3 is 2.52 bits per heavy atom. The Hall–Kier alpha value is -0.860. The summed E-state index contributed by atoms with van der Waals surface area (Å²) in [6.07, 6.45) is 6.69. The van der Waals surface area contributed by atoms with Gasteiger partial charge >= 0.3 is 0 Å². The first-order chi connectivity index (χ1) is 10.2. The molecule has 0 saturated heterocycles. The van der Waals surface area contributed by atoms with Crippen LogP contribution in [0, 0.1) is 0 Å². The van der Waals surface area contributed by atoms with Gasteiger partial charge in [-0.3, -0.25) is 4.90 Å². The minimum Gasteiger partial charge on any atom is -0.309 e. The topological polar surface area (TPSA) is 15.3 Å². The molecule has 0 spiro atoms. The molecule has 3 atom stereocenters. The second kappa shape index (κ2) is 6.50. The summed E-state index contributed by atoms with van der Waals surface area (Å²) in [7, 11) is 2.36. The Balaban J connectivity index is 1.87. The molecule has 3 rings (SSSR count). The molecule has 2 aliphatic rings. The quantitative estimate of drug-likeness (QED) is 0.877. The van der Waals surface area contributed by atoms with Gasteiger partial charge in [-0.1, -0.05) is 44.5 Å². The zero-order valence-electron chi connectivity index (χ0n) is 13.8. The molecular weight excluding hydrogens is 256 g/mol. The maximum Gasteiger partial charge on any atom is 0.0481 e. The van der Waals surface area contributed by atoms with Crippen LogP contribution in [0.25, 0.3) is 0 Å². The van der Waals surface area contributed by atoms with E-state index < -0.39 is 0 Å². The number of hydrogen-bond donors (Lipinski definition) is 1. The SMILES string of the molecule is CCCNC1c2ccccc2C(C)CC1N(C)C1CCC1. The van der Waals surface area contributed by atoms with Crippen LogP contribution in [0.2, 0.25) is 0 Å². The average molecular weight is 286 g/mol. The van der Waals surface area contributed by atoms with Gasteiger partial charge in [-0.25, -0.2) is 0 Å². The van der Waals surface area contributed by atoms with Crippen molar-refractivity contribution in [2.45, 2.75) is 70.0 Å². The molecule has 1 aromatic rings. The van der Waals surface area contributed by atoms with Crippen LogP contribution in [0.15, 0.2) is 24.3 Å². The summed E-state index contributed by atoms with van der Waals surface area (Å²) in [6, 6.07) is 11.0. The van der Waals surface area contributed by atoms with Gasteiger partial charge in [0.15, 0.2) is 0 Å². The fourth-order valence-corrected chi connectivity index (χ4v) is 4.09. The Morgan fingerprint density at radius 1 is 1.19 bits per heavy atom. The van der Waals surface area contributed by atoms with Gasteiger partial charge in [0.05, 0.1) is 0 Å².